The number of nitrogens with one attached hydrogen (secondary N) is 3. The standard InChI is InChI=1S/C14H25N5O8S/c15-6(5-28)11(23)17-7(1-2-10(16)22)12(24)18-8(3-20)13(25)19-9(4-21)14(26)27/h6-9,20-21,28H,1-5,15H2,(H2,16,22)(H,17,23)(H,18,24)(H,19,25)(H,26,27). The fourth-order valence-electron chi connectivity index (χ4n) is 1.84. The SMILES string of the molecule is NC(=O)CCC(NC(=O)C(N)CS)C(=O)NC(CO)C(=O)NC(CO)C(=O)O. The highest BCUT2D eigenvalue weighted by molar-refractivity contribution is 7.80. The normalized spacial score (nSPS) is 14.9. The molecule has 0 radical (unpaired) electrons. The van der Waals surface area contributed by atoms with E-state index < -0.39 is 67.0 Å². The van der Waals surface area contributed by atoms with Gasteiger partial charge in [0.2, 0.25) is 23.6 Å². The number of nitrogens with two attached hydrogens (primary N) is 2. The van der Waals surface area contributed by atoms with Crippen LogP contribution in [0.3, 0.4) is 0 Å². The molecule has 0 aromatic rings. The molecule has 0 aliphatic rings. The molecule has 0 aromatic carbocycles. The van der Waals surface area contributed by atoms with Crippen molar-refractivity contribution in [2.75, 3.05) is 19.0 Å². The summed E-state index contributed by atoms with van der Waals surface area (Å²) in [6.45, 7) is -1.81. The zero-order chi connectivity index (χ0) is 21.9. The van der Waals surface area contributed by atoms with Gasteiger partial charge in [0.1, 0.15) is 18.1 Å². The lowest BCUT2D eigenvalue weighted by atomic mass is 10.1. The van der Waals surface area contributed by atoms with Crippen LogP contribution >= 0.6 is 12.6 Å². The molecule has 0 aliphatic carbocycles. The summed E-state index contributed by atoms with van der Waals surface area (Å²) in [7, 11) is 0. The molecular weight excluding hydrogens is 398 g/mol. The molecule has 4 unspecified atom stereocenters. The minimum Gasteiger partial charge on any atom is -0.480 e. The second kappa shape index (κ2) is 12.9. The molecule has 0 heterocycles. The molecular formula is C14H25N5O8S. The van der Waals surface area contributed by atoms with Gasteiger partial charge in [-0.25, -0.2) is 4.79 Å². The average Bonchev–Trinajstić information content (AvgIpc) is 2.65. The van der Waals surface area contributed by atoms with E-state index in [1.54, 1.807) is 0 Å². The van der Waals surface area contributed by atoms with E-state index in [9.17, 15) is 29.1 Å². The van der Waals surface area contributed by atoms with Crippen LogP contribution in [0.2, 0.25) is 0 Å². The van der Waals surface area contributed by atoms with E-state index in [4.69, 9.17) is 21.7 Å². The van der Waals surface area contributed by atoms with Crippen LogP contribution in [-0.4, -0.2) is 88.1 Å². The predicted octanol–water partition coefficient (Wildman–Crippen LogP) is -4.97. The van der Waals surface area contributed by atoms with Crippen molar-refractivity contribution in [1.29, 1.82) is 0 Å². The number of carboxylic acid groups (broad SMARTS) is 1. The molecule has 0 aromatic heterocycles. The largest absolute Gasteiger partial charge is 0.480 e. The maximum atomic E-state index is 12.4. The number of aliphatic hydroxyl groups is 2. The molecule has 4 atom stereocenters. The highest BCUT2D eigenvalue weighted by Crippen LogP contribution is 2.00. The quantitative estimate of drug-likeness (QED) is 0.129. The zero-order valence-corrected chi connectivity index (χ0v) is 15.7. The monoisotopic (exact) mass is 423 g/mol. The Morgan fingerprint density at radius 3 is 1.75 bits per heavy atom. The van der Waals surface area contributed by atoms with Gasteiger partial charge in [0.05, 0.1) is 19.3 Å². The lowest BCUT2D eigenvalue weighted by Crippen LogP contribution is -2.58. The number of primary amides is 1. The van der Waals surface area contributed by atoms with E-state index in [2.05, 4.69) is 23.3 Å². The van der Waals surface area contributed by atoms with Crippen molar-refractivity contribution < 1.29 is 39.3 Å². The smallest absolute Gasteiger partial charge is 0.328 e. The van der Waals surface area contributed by atoms with E-state index in [1.165, 1.54) is 0 Å². The van der Waals surface area contributed by atoms with Crippen molar-refractivity contribution in [1.82, 2.24) is 16.0 Å². The molecule has 4 amide bonds. The molecule has 0 aliphatic heterocycles. The van der Waals surface area contributed by atoms with Crippen LogP contribution in [0.25, 0.3) is 0 Å². The molecule has 0 saturated carbocycles. The fourth-order valence-corrected chi connectivity index (χ4v) is 2.01. The summed E-state index contributed by atoms with van der Waals surface area (Å²) in [6.07, 6.45) is -0.476. The molecule has 14 heteroatoms. The Morgan fingerprint density at radius 2 is 1.32 bits per heavy atom. The summed E-state index contributed by atoms with van der Waals surface area (Å²) in [4.78, 5) is 58.0. The Labute approximate surface area is 165 Å². The van der Waals surface area contributed by atoms with Crippen molar-refractivity contribution in [3.63, 3.8) is 0 Å². The highest BCUT2D eigenvalue weighted by atomic mass is 32.1. The second-order valence-corrected chi connectivity index (χ2v) is 6.05. The average molecular weight is 423 g/mol. The molecule has 10 N–H and O–H groups in total. The van der Waals surface area contributed by atoms with E-state index in [0.29, 0.717) is 0 Å². The van der Waals surface area contributed by atoms with Gasteiger partial charge in [0.25, 0.3) is 0 Å². The van der Waals surface area contributed by atoms with E-state index in [1.807, 2.05) is 5.32 Å². The molecule has 0 spiro atoms. The first kappa shape index (κ1) is 25.6. The van der Waals surface area contributed by atoms with Gasteiger partial charge in [-0.05, 0) is 6.42 Å². The minimum atomic E-state index is -1.64. The first-order valence-electron chi connectivity index (χ1n) is 8.07. The van der Waals surface area contributed by atoms with E-state index in [0.717, 1.165) is 0 Å². The summed E-state index contributed by atoms with van der Waals surface area (Å²) in [5, 5.41) is 33.3. The van der Waals surface area contributed by atoms with Crippen LogP contribution < -0.4 is 27.4 Å². The number of carbonyl (C=O) groups is 5. The topological polar surface area (TPSA) is 234 Å². The lowest BCUT2D eigenvalue weighted by molar-refractivity contribution is -0.143. The van der Waals surface area contributed by atoms with Crippen LogP contribution in [-0.2, 0) is 24.0 Å². The molecule has 13 nitrogen and oxygen atoms in total. The molecule has 0 saturated heterocycles. The fraction of sp³-hybridized carbons (Fsp3) is 0.643. The number of aliphatic carboxylic acids is 1. The van der Waals surface area contributed by atoms with Gasteiger partial charge in [-0.2, -0.15) is 12.6 Å². The summed E-state index contributed by atoms with van der Waals surface area (Å²) < 4.78 is 0. The van der Waals surface area contributed by atoms with Gasteiger partial charge in [-0.3, -0.25) is 19.2 Å². The Bertz CT molecular complexity index is 590. The van der Waals surface area contributed by atoms with Gasteiger partial charge >= 0.3 is 5.97 Å². The summed E-state index contributed by atoms with van der Waals surface area (Å²) in [5.74, 6) is -5.04. The molecule has 160 valence electrons. The minimum absolute atomic E-state index is 0.0185. The van der Waals surface area contributed by atoms with Gasteiger partial charge < -0.3 is 42.7 Å². The van der Waals surface area contributed by atoms with Crippen molar-refractivity contribution in [3.8, 4) is 0 Å². The number of thiol groups is 1. The van der Waals surface area contributed by atoms with Gasteiger partial charge in [-0.1, -0.05) is 0 Å². The molecule has 0 fully saturated rings. The number of amides is 4. The van der Waals surface area contributed by atoms with Crippen molar-refractivity contribution >= 4 is 42.2 Å². The predicted molar refractivity (Wildman–Crippen MR) is 97.9 cm³/mol. The van der Waals surface area contributed by atoms with E-state index in [-0.39, 0.29) is 18.6 Å². The first-order chi connectivity index (χ1) is 13.1. The van der Waals surface area contributed by atoms with Crippen molar-refractivity contribution in [2.45, 2.75) is 37.0 Å². The van der Waals surface area contributed by atoms with Crippen LogP contribution in [0.5, 0.6) is 0 Å². The van der Waals surface area contributed by atoms with Gasteiger partial charge in [0.15, 0.2) is 0 Å². The Morgan fingerprint density at radius 1 is 0.857 bits per heavy atom. The van der Waals surface area contributed by atoms with Crippen LogP contribution in [0.15, 0.2) is 0 Å². The summed E-state index contributed by atoms with van der Waals surface area (Å²) in [6, 6.07) is -5.56. The zero-order valence-electron chi connectivity index (χ0n) is 14.8. The number of aliphatic hydroxyl groups excluding tert-OH is 2. The van der Waals surface area contributed by atoms with Crippen LogP contribution in [0, 0.1) is 0 Å². The number of carboxylic acids is 1. The second-order valence-electron chi connectivity index (χ2n) is 5.68. The maximum absolute atomic E-state index is 12.4. The van der Waals surface area contributed by atoms with Gasteiger partial charge in [0, 0.05) is 12.2 Å². The van der Waals surface area contributed by atoms with E-state index >= 15 is 0 Å². The Hall–Kier alpha value is -2.42. The summed E-state index contributed by atoms with van der Waals surface area (Å²) in [5.41, 5.74) is 10.5. The third-order valence-electron chi connectivity index (χ3n) is 3.46. The Kier molecular flexibility index (Phi) is 11.8. The third kappa shape index (κ3) is 8.98. The number of carbonyl (C=O) groups excluding carboxylic acids is 4. The summed E-state index contributed by atoms with van der Waals surface area (Å²) >= 11 is 3.85. The number of hydrogen-bond acceptors (Lipinski definition) is 9. The van der Waals surface area contributed by atoms with Crippen LogP contribution in [0.1, 0.15) is 12.8 Å². The lowest BCUT2D eigenvalue weighted by Gasteiger charge is -2.23. The first-order valence-corrected chi connectivity index (χ1v) is 8.70. The number of rotatable bonds is 13. The molecule has 0 rings (SSSR count). The maximum Gasteiger partial charge on any atom is 0.328 e. The Balaban J connectivity index is 5.16. The number of hydrogen-bond donors (Lipinski definition) is 9. The third-order valence-corrected chi connectivity index (χ3v) is 3.85. The highest BCUT2D eigenvalue weighted by Gasteiger charge is 2.29. The van der Waals surface area contributed by atoms with Crippen LogP contribution in [0.4, 0.5) is 0 Å². The molecule has 0 bridgehead atoms. The van der Waals surface area contributed by atoms with Crippen molar-refractivity contribution in [3.05, 3.63) is 0 Å². The van der Waals surface area contributed by atoms with Crippen molar-refractivity contribution in [2.24, 2.45) is 11.5 Å². The van der Waals surface area contributed by atoms with Gasteiger partial charge in [-0.15, -0.1) is 0 Å². The molecule has 28 heavy (non-hydrogen) atoms.